The van der Waals surface area contributed by atoms with Crippen molar-refractivity contribution in [2.45, 2.75) is 39.2 Å². The molecule has 0 amide bonds. The summed E-state index contributed by atoms with van der Waals surface area (Å²) < 4.78 is 39.8. The van der Waals surface area contributed by atoms with Gasteiger partial charge < -0.3 is 19.2 Å². The fourth-order valence-corrected chi connectivity index (χ4v) is 4.88. The van der Waals surface area contributed by atoms with E-state index in [1.807, 2.05) is 54.3 Å². The number of aliphatic carboxylic acids is 1. The third-order valence-corrected chi connectivity index (χ3v) is 6.80. The number of aromatic nitrogens is 1. The fraction of sp³-hybridized carbons (Fsp3) is 0.267. The number of hydrogen-bond donors (Lipinski definition) is 1. The van der Waals surface area contributed by atoms with E-state index in [2.05, 4.69) is 4.98 Å². The van der Waals surface area contributed by atoms with E-state index in [4.69, 9.17) is 9.15 Å². The molecule has 0 aliphatic carbocycles. The van der Waals surface area contributed by atoms with Crippen LogP contribution < -0.4 is 9.64 Å². The molecule has 4 aromatic rings. The molecule has 38 heavy (non-hydrogen) atoms. The average Bonchev–Trinajstić information content (AvgIpc) is 3.28. The number of anilines is 1. The van der Waals surface area contributed by atoms with Gasteiger partial charge in [0.25, 0.3) is 0 Å². The lowest BCUT2D eigenvalue weighted by atomic mass is 9.91. The number of fused-ring (bicyclic) bond motifs is 1. The summed E-state index contributed by atoms with van der Waals surface area (Å²) in [7, 11) is 0. The maximum Gasteiger partial charge on any atom is 0.303 e. The van der Waals surface area contributed by atoms with Crippen molar-refractivity contribution >= 4 is 11.7 Å². The molecule has 1 aromatic heterocycles. The van der Waals surface area contributed by atoms with Crippen LogP contribution in [0.2, 0.25) is 0 Å². The van der Waals surface area contributed by atoms with E-state index in [0.29, 0.717) is 50.5 Å². The molecule has 0 bridgehead atoms. The lowest BCUT2D eigenvalue weighted by molar-refractivity contribution is -0.136. The molecule has 0 radical (unpaired) electrons. The molecule has 0 unspecified atom stereocenters. The minimum Gasteiger partial charge on any atom is -0.493 e. The Morgan fingerprint density at radius 1 is 1.05 bits per heavy atom. The zero-order chi connectivity index (χ0) is 26.6. The van der Waals surface area contributed by atoms with Crippen LogP contribution in [0.5, 0.6) is 5.75 Å². The molecule has 0 spiro atoms. The van der Waals surface area contributed by atoms with Gasteiger partial charge in [-0.3, -0.25) is 4.79 Å². The van der Waals surface area contributed by atoms with Gasteiger partial charge in [0.05, 0.1) is 12.3 Å². The minimum atomic E-state index is -0.878. The molecule has 0 fully saturated rings. The molecule has 0 saturated heterocycles. The highest BCUT2D eigenvalue weighted by atomic mass is 19.1. The van der Waals surface area contributed by atoms with E-state index >= 15 is 0 Å². The summed E-state index contributed by atoms with van der Waals surface area (Å²) in [6.45, 7) is 3.24. The predicted octanol–water partition coefficient (Wildman–Crippen LogP) is 6.13. The number of hydrogen-bond acceptors (Lipinski definition) is 5. The van der Waals surface area contributed by atoms with Crippen LogP contribution in [0.3, 0.4) is 0 Å². The Morgan fingerprint density at radius 3 is 2.55 bits per heavy atom. The number of aryl methyl sites for hydroxylation is 2. The first-order valence-corrected chi connectivity index (χ1v) is 12.6. The van der Waals surface area contributed by atoms with Gasteiger partial charge in [-0.15, -0.1) is 0 Å². The average molecular weight is 519 g/mol. The molecule has 3 aromatic carbocycles. The molecule has 0 atom stereocenters. The SMILES string of the molecule is Cc1oc(-c2ccccc2)nc1CCOc1ccc(CCC(=O)O)c2c1CCN(c1cc(F)cc(F)c1)C2. The van der Waals surface area contributed by atoms with Crippen molar-refractivity contribution in [3.8, 4) is 17.2 Å². The summed E-state index contributed by atoms with van der Waals surface area (Å²) >= 11 is 0. The van der Waals surface area contributed by atoms with Crippen LogP contribution in [0.4, 0.5) is 14.5 Å². The van der Waals surface area contributed by atoms with Gasteiger partial charge in [-0.2, -0.15) is 0 Å². The Labute approximate surface area is 219 Å². The third kappa shape index (κ3) is 5.69. The van der Waals surface area contributed by atoms with Crippen molar-refractivity contribution in [2.75, 3.05) is 18.1 Å². The van der Waals surface area contributed by atoms with Gasteiger partial charge in [0.1, 0.15) is 23.1 Å². The Hall–Kier alpha value is -4.20. The number of oxazole rings is 1. The van der Waals surface area contributed by atoms with Crippen molar-refractivity contribution in [1.29, 1.82) is 0 Å². The number of ether oxygens (including phenoxy) is 1. The van der Waals surface area contributed by atoms with Crippen LogP contribution in [0.15, 0.2) is 65.1 Å². The monoisotopic (exact) mass is 518 g/mol. The summed E-state index contributed by atoms with van der Waals surface area (Å²) in [5.41, 5.74) is 5.05. The summed E-state index contributed by atoms with van der Waals surface area (Å²) in [6.07, 6.45) is 1.53. The Bertz CT molecular complexity index is 1430. The van der Waals surface area contributed by atoms with Crippen molar-refractivity contribution in [3.05, 3.63) is 100 Å². The molecular formula is C30H28F2N2O4. The standard InChI is InChI=1S/C30H28F2N2O4/c1-19-27(33-30(38-19)21-5-3-2-4-6-21)12-14-37-28-9-7-20(8-10-29(35)36)26-18-34(13-11-25(26)28)24-16-22(31)15-23(32)17-24/h2-7,9,15-17H,8,10-14,18H2,1H3,(H,35,36). The highest BCUT2D eigenvalue weighted by molar-refractivity contribution is 5.67. The van der Waals surface area contributed by atoms with E-state index in [1.165, 1.54) is 12.1 Å². The van der Waals surface area contributed by atoms with Gasteiger partial charge in [0, 0.05) is 48.8 Å². The molecule has 8 heteroatoms. The first-order chi connectivity index (χ1) is 18.4. The lowest BCUT2D eigenvalue weighted by Gasteiger charge is -2.33. The van der Waals surface area contributed by atoms with Crippen LogP contribution >= 0.6 is 0 Å². The van der Waals surface area contributed by atoms with E-state index in [0.717, 1.165) is 45.5 Å². The van der Waals surface area contributed by atoms with Gasteiger partial charge in [0.2, 0.25) is 5.89 Å². The number of carbonyl (C=O) groups is 1. The maximum absolute atomic E-state index is 13.9. The fourth-order valence-electron chi connectivity index (χ4n) is 4.88. The molecule has 2 heterocycles. The summed E-state index contributed by atoms with van der Waals surface area (Å²) in [4.78, 5) is 17.8. The predicted molar refractivity (Wildman–Crippen MR) is 139 cm³/mol. The molecule has 5 rings (SSSR count). The van der Waals surface area contributed by atoms with Crippen LogP contribution in [-0.2, 0) is 30.6 Å². The number of rotatable bonds is 9. The van der Waals surface area contributed by atoms with Gasteiger partial charge in [-0.25, -0.2) is 13.8 Å². The first-order valence-electron chi connectivity index (χ1n) is 12.6. The minimum absolute atomic E-state index is 0.00355. The van der Waals surface area contributed by atoms with E-state index in [9.17, 15) is 18.7 Å². The third-order valence-electron chi connectivity index (χ3n) is 6.80. The Kier molecular flexibility index (Phi) is 7.40. The number of nitrogens with zero attached hydrogens (tertiary/aromatic N) is 2. The number of carboxylic acids is 1. The Balaban J connectivity index is 1.34. The van der Waals surface area contributed by atoms with Gasteiger partial charge >= 0.3 is 5.97 Å². The zero-order valence-corrected chi connectivity index (χ0v) is 21.0. The second-order valence-corrected chi connectivity index (χ2v) is 9.36. The molecule has 1 aliphatic heterocycles. The zero-order valence-electron chi connectivity index (χ0n) is 21.0. The van der Waals surface area contributed by atoms with Crippen LogP contribution in [-0.4, -0.2) is 29.2 Å². The van der Waals surface area contributed by atoms with Crippen LogP contribution in [0, 0.1) is 18.6 Å². The van der Waals surface area contributed by atoms with Crippen molar-refractivity contribution in [2.24, 2.45) is 0 Å². The Morgan fingerprint density at radius 2 is 1.82 bits per heavy atom. The first kappa shape index (κ1) is 25.4. The summed E-state index contributed by atoms with van der Waals surface area (Å²) in [5, 5.41) is 9.21. The van der Waals surface area contributed by atoms with E-state index in [1.54, 1.807) is 0 Å². The molecule has 1 N–H and O–H groups in total. The number of halogens is 2. The topological polar surface area (TPSA) is 75.8 Å². The van der Waals surface area contributed by atoms with Crippen LogP contribution in [0.25, 0.3) is 11.5 Å². The van der Waals surface area contributed by atoms with Gasteiger partial charge in [0.15, 0.2) is 0 Å². The molecule has 1 aliphatic rings. The summed E-state index contributed by atoms with van der Waals surface area (Å²) in [5.74, 6) is -0.0888. The highest BCUT2D eigenvalue weighted by Gasteiger charge is 2.24. The van der Waals surface area contributed by atoms with Crippen molar-refractivity contribution in [3.63, 3.8) is 0 Å². The van der Waals surface area contributed by atoms with E-state index in [-0.39, 0.29) is 6.42 Å². The van der Waals surface area contributed by atoms with Crippen LogP contribution in [0.1, 0.15) is 34.6 Å². The van der Waals surface area contributed by atoms with Gasteiger partial charge in [-0.1, -0.05) is 24.3 Å². The second-order valence-electron chi connectivity index (χ2n) is 9.36. The molecule has 6 nitrogen and oxygen atoms in total. The van der Waals surface area contributed by atoms with Crippen molar-refractivity contribution in [1.82, 2.24) is 4.98 Å². The molecule has 196 valence electrons. The quantitative estimate of drug-likeness (QED) is 0.287. The number of carboxylic acid groups (broad SMARTS) is 1. The largest absolute Gasteiger partial charge is 0.493 e. The number of benzene rings is 3. The normalized spacial score (nSPS) is 12.9. The lowest BCUT2D eigenvalue weighted by Crippen LogP contribution is -2.32. The highest BCUT2D eigenvalue weighted by Crippen LogP contribution is 2.34. The van der Waals surface area contributed by atoms with Gasteiger partial charge in [-0.05, 0) is 61.2 Å². The smallest absolute Gasteiger partial charge is 0.303 e. The van der Waals surface area contributed by atoms with Crippen molar-refractivity contribution < 1.29 is 27.8 Å². The summed E-state index contributed by atoms with van der Waals surface area (Å²) in [6, 6.07) is 17.0. The molecule has 0 saturated carbocycles. The van der Waals surface area contributed by atoms with E-state index < -0.39 is 17.6 Å². The second kappa shape index (κ2) is 11.0. The maximum atomic E-state index is 13.9. The molecular weight excluding hydrogens is 490 g/mol.